The van der Waals surface area contributed by atoms with Crippen LogP contribution >= 0.6 is 23.2 Å². The Hall–Kier alpha value is -2.30. The quantitative estimate of drug-likeness (QED) is 0.697. The highest BCUT2D eigenvalue weighted by Crippen LogP contribution is 2.29. The summed E-state index contributed by atoms with van der Waals surface area (Å²) in [6.07, 6.45) is 1.66. The lowest BCUT2D eigenvalue weighted by atomic mass is 10.1. The zero-order valence-corrected chi connectivity index (χ0v) is 15.0. The molecular weight excluding hydrogens is 359 g/mol. The molecule has 6 heteroatoms. The second-order valence-electron chi connectivity index (χ2n) is 5.57. The molecular formula is C19H16Cl2N2O2. The molecule has 0 bridgehead atoms. The molecule has 0 spiro atoms. The van der Waals surface area contributed by atoms with Gasteiger partial charge in [0.05, 0.1) is 11.1 Å². The molecule has 1 N–H and O–H groups in total. The van der Waals surface area contributed by atoms with Crippen LogP contribution in [0.4, 0.5) is 0 Å². The molecule has 3 rings (SSSR count). The van der Waals surface area contributed by atoms with E-state index in [1.54, 1.807) is 36.5 Å². The van der Waals surface area contributed by atoms with Crippen LogP contribution in [0.3, 0.4) is 0 Å². The molecule has 1 atom stereocenters. The fraction of sp³-hybridized carbons (Fsp3) is 0.158. The van der Waals surface area contributed by atoms with Crippen LogP contribution < -0.4 is 10.1 Å². The number of aromatic nitrogens is 1. The predicted molar refractivity (Wildman–Crippen MR) is 100 cm³/mol. The van der Waals surface area contributed by atoms with Crippen LogP contribution in [0.25, 0.3) is 10.9 Å². The van der Waals surface area contributed by atoms with Crippen molar-refractivity contribution in [2.24, 2.45) is 0 Å². The summed E-state index contributed by atoms with van der Waals surface area (Å²) in [5.41, 5.74) is 1.60. The first-order valence-electron chi connectivity index (χ1n) is 7.75. The second-order valence-corrected chi connectivity index (χ2v) is 6.42. The highest BCUT2D eigenvalue weighted by molar-refractivity contribution is 6.35. The highest BCUT2D eigenvalue weighted by Gasteiger charge is 2.12. The molecule has 2 aromatic carbocycles. The molecule has 1 heterocycles. The maximum absolute atomic E-state index is 12.2. The van der Waals surface area contributed by atoms with Crippen LogP contribution in [0, 0.1) is 0 Å². The fourth-order valence-electron chi connectivity index (χ4n) is 2.49. The van der Waals surface area contributed by atoms with Gasteiger partial charge in [0.2, 0.25) is 0 Å². The number of amides is 1. The number of pyridine rings is 1. The van der Waals surface area contributed by atoms with Gasteiger partial charge in [0.25, 0.3) is 5.91 Å². The van der Waals surface area contributed by atoms with E-state index in [1.807, 2.05) is 25.1 Å². The van der Waals surface area contributed by atoms with Crippen molar-refractivity contribution in [1.82, 2.24) is 10.3 Å². The molecule has 0 aliphatic carbocycles. The van der Waals surface area contributed by atoms with E-state index in [0.717, 1.165) is 10.9 Å². The van der Waals surface area contributed by atoms with Crippen molar-refractivity contribution < 1.29 is 9.53 Å². The normalized spacial score (nSPS) is 12.0. The van der Waals surface area contributed by atoms with Gasteiger partial charge >= 0.3 is 0 Å². The Bertz CT molecular complexity index is 898. The first kappa shape index (κ1) is 17.5. The smallest absolute Gasteiger partial charge is 0.258 e. The number of carbonyl (C=O) groups is 1. The summed E-state index contributed by atoms with van der Waals surface area (Å²) in [6.45, 7) is 1.80. The van der Waals surface area contributed by atoms with Crippen molar-refractivity contribution in [3.8, 4) is 5.75 Å². The first-order chi connectivity index (χ1) is 12.0. The fourth-order valence-corrected chi connectivity index (χ4v) is 2.83. The van der Waals surface area contributed by atoms with Crippen LogP contribution in [-0.4, -0.2) is 17.5 Å². The van der Waals surface area contributed by atoms with Crippen molar-refractivity contribution in [3.63, 3.8) is 0 Å². The number of hydrogen-bond acceptors (Lipinski definition) is 3. The minimum absolute atomic E-state index is 0.106. The number of rotatable bonds is 5. The molecule has 0 radical (unpaired) electrons. The highest BCUT2D eigenvalue weighted by atomic mass is 35.5. The number of benzene rings is 2. The van der Waals surface area contributed by atoms with Crippen LogP contribution in [0.5, 0.6) is 5.75 Å². The van der Waals surface area contributed by atoms with E-state index in [2.05, 4.69) is 10.3 Å². The van der Waals surface area contributed by atoms with E-state index in [4.69, 9.17) is 27.9 Å². The van der Waals surface area contributed by atoms with Crippen molar-refractivity contribution in [3.05, 3.63) is 70.3 Å². The Morgan fingerprint density at radius 3 is 2.68 bits per heavy atom. The van der Waals surface area contributed by atoms with Gasteiger partial charge in [-0.3, -0.25) is 9.78 Å². The summed E-state index contributed by atoms with van der Waals surface area (Å²) in [5.74, 6) is 0.302. The molecule has 0 fully saturated rings. The van der Waals surface area contributed by atoms with Crippen molar-refractivity contribution in [1.29, 1.82) is 0 Å². The minimum Gasteiger partial charge on any atom is -0.481 e. The topological polar surface area (TPSA) is 51.2 Å². The number of nitrogens with one attached hydrogen (secondary N) is 1. The molecule has 1 amide bonds. The average Bonchev–Trinajstić information content (AvgIpc) is 2.62. The molecule has 0 aliphatic rings. The molecule has 128 valence electrons. The molecule has 0 unspecified atom stereocenters. The van der Waals surface area contributed by atoms with Gasteiger partial charge in [-0.1, -0.05) is 35.3 Å². The Morgan fingerprint density at radius 1 is 1.16 bits per heavy atom. The third-order valence-corrected chi connectivity index (χ3v) is 4.37. The van der Waals surface area contributed by atoms with Gasteiger partial charge in [-0.05, 0) is 48.9 Å². The lowest BCUT2D eigenvalue weighted by molar-refractivity contribution is -0.123. The average molecular weight is 375 g/mol. The van der Waals surface area contributed by atoms with Crippen molar-refractivity contribution in [2.45, 2.75) is 13.0 Å². The number of halogens is 2. The number of hydrogen-bond donors (Lipinski definition) is 1. The second kappa shape index (κ2) is 7.72. The van der Waals surface area contributed by atoms with Crippen molar-refractivity contribution >= 4 is 40.0 Å². The Kier molecular flexibility index (Phi) is 5.41. The van der Waals surface area contributed by atoms with Crippen LogP contribution in [-0.2, 0) is 4.79 Å². The van der Waals surface area contributed by atoms with E-state index in [9.17, 15) is 4.79 Å². The maximum atomic E-state index is 12.2. The Labute approximate surface area is 155 Å². The standard InChI is InChI=1S/C19H16Cl2N2O2/c1-12(13-4-6-14(20)7-5-13)23-18(24)11-25-17-9-8-16(21)15-3-2-10-22-19(15)17/h2-10,12H,11H2,1H3,(H,23,24)/t12-/m0/s1. The van der Waals surface area contributed by atoms with Gasteiger partial charge in [-0.2, -0.15) is 0 Å². The van der Waals surface area contributed by atoms with Crippen LogP contribution in [0.2, 0.25) is 10.0 Å². The Morgan fingerprint density at radius 2 is 1.92 bits per heavy atom. The molecule has 1 aromatic heterocycles. The lowest BCUT2D eigenvalue weighted by Gasteiger charge is -2.15. The van der Waals surface area contributed by atoms with Gasteiger partial charge in [0.1, 0.15) is 11.3 Å². The van der Waals surface area contributed by atoms with E-state index >= 15 is 0 Å². The van der Waals surface area contributed by atoms with Gasteiger partial charge < -0.3 is 10.1 Å². The van der Waals surface area contributed by atoms with Crippen LogP contribution in [0.15, 0.2) is 54.7 Å². The molecule has 0 aliphatic heterocycles. The van der Waals surface area contributed by atoms with Gasteiger partial charge in [0.15, 0.2) is 6.61 Å². The van der Waals surface area contributed by atoms with E-state index in [-0.39, 0.29) is 18.6 Å². The SMILES string of the molecule is C[C@H](NC(=O)COc1ccc(Cl)c2cccnc12)c1ccc(Cl)cc1. The summed E-state index contributed by atoms with van der Waals surface area (Å²) in [7, 11) is 0. The third-order valence-electron chi connectivity index (χ3n) is 3.79. The summed E-state index contributed by atoms with van der Waals surface area (Å²) in [5, 5.41) is 4.93. The molecule has 0 saturated carbocycles. The Balaban J connectivity index is 1.65. The van der Waals surface area contributed by atoms with E-state index < -0.39 is 0 Å². The lowest BCUT2D eigenvalue weighted by Crippen LogP contribution is -2.31. The summed E-state index contributed by atoms with van der Waals surface area (Å²) < 4.78 is 5.64. The molecule has 4 nitrogen and oxygen atoms in total. The largest absolute Gasteiger partial charge is 0.481 e. The van der Waals surface area contributed by atoms with Gasteiger partial charge in [-0.15, -0.1) is 0 Å². The minimum atomic E-state index is -0.221. The number of ether oxygens (including phenoxy) is 1. The third kappa shape index (κ3) is 4.21. The zero-order valence-electron chi connectivity index (χ0n) is 13.5. The zero-order chi connectivity index (χ0) is 17.8. The summed E-state index contributed by atoms with van der Waals surface area (Å²) in [6, 6.07) is 14.3. The molecule has 0 saturated heterocycles. The van der Waals surface area contributed by atoms with Crippen LogP contribution in [0.1, 0.15) is 18.5 Å². The van der Waals surface area contributed by atoms with E-state index in [1.165, 1.54) is 0 Å². The van der Waals surface area contributed by atoms with E-state index in [0.29, 0.717) is 21.3 Å². The molecule has 25 heavy (non-hydrogen) atoms. The number of fused-ring (bicyclic) bond motifs is 1. The predicted octanol–water partition coefficient (Wildman–Crippen LogP) is 4.80. The monoisotopic (exact) mass is 374 g/mol. The van der Waals surface area contributed by atoms with Gasteiger partial charge in [0, 0.05) is 16.6 Å². The first-order valence-corrected chi connectivity index (χ1v) is 8.51. The maximum Gasteiger partial charge on any atom is 0.258 e. The van der Waals surface area contributed by atoms with Crippen molar-refractivity contribution in [2.75, 3.05) is 6.61 Å². The number of carbonyl (C=O) groups excluding carboxylic acids is 1. The summed E-state index contributed by atoms with van der Waals surface area (Å²) >= 11 is 12.0. The van der Waals surface area contributed by atoms with Gasteiger partial charge in [-0.25, -0.2) is 0 Å². The summed E-state index contributed by atoms with van der Waals surface area (Å²) in [4.78, 5) is 16.4. The molecule has 3 aromatic rings. The number of nitrogens with zero attached hydrogens (tertiary/aromatic N) is 1.